The summed E-state index contributed by atoms with van der Waals surface area (Å²) in [4.78, 5) is 31.5. The summed E-state index contributed by atoms with van der Waals surface area (Å²) in [5, 5.41) is 12.3. The number of nitrogens with zero attached hydrogens (tertiary/aromatic N) is 2. The number of aliphatic imine (C=N–C) groups is 1. The maximum Gasteiger partial charge on any atom is 0.418 e. The first-order chi connectivity index (χ1) is 16.3. The van der Waals surface area contributed by atoms with Crippen molar-refractivity contribution in [1.82, 2.24) is 4.98 Å². The van der Waals surface area contributed by atoms with Crippen molar-refractivity contribution in [2.45, 2.75) is 45.1 Å². The molecule has 0 saturated heterocycles. The lowest BCUT2D eigenvalue weighted by molar-refractivity contribution is -0.140. The average molecular weight is 493 g/mol. The number of hydrogen-bond acceptors (Lipinski definition) is 5. The van der Waals surface area contributed by atoms with Crippen LogP contribution in [0.3, 0.4) is 0 Å². The maximum absolute atomic E-state index is 14.7. The minimum absolute atomic E-state index is 0.00847. The van der Waals surface area contributed by atoms with Gasteiger partial charge in [0.2, 0.25) is 5.91 Å². The Hall–Kier alpha value is -3.44. The van der Waals surface area contributed by atoms with Gasteiger partial charge in [-0.15, -0.1) is 0 Å². The van der Waals surface area contributed by atoms with Crippen LogP contribution in [0.15, 0.2) is 41.5 Å². The lowest BCUT2D eigenvalue weighted by Crippen LogP contribution is -2.25. The lowest BCUT2D eigenvalue weighted by Gasteiger charge is -2.22. The molecule has 0 aliphatic carbocycles. The second kappa shape index (κ2) is 10.0. The highest BCUT2D eigenvalue weighted by atomic mass is 19.4. The van der Waals surface area contributed by atoms with Crippen molar-refractivity contribution in [2.24, 2.45) is 4.99 Å². The van der Waals surface area contributed by atoms with E-state index in [0.717, 1.165) is 6.20 Å². The zero-order chi connectivity index (χ0) is 26.0. The van der Waals surface area contributed by atoms with E-state index in [2.05, 4.69) is 15.3 Å². The summed E-state index contributed by atoms with van der Waals surface area (Å²) in [7, 11) is 0. The first kappa shape index (κ1) is 26.2. The molecular formula is C24H23F4N3O4. The van der Waals surface area contributed by atoms with Crippen molar-refractivity contribution in [3.8, 4) is 0 Å². The number of carbonyl (C=O) groups excluding carboxylic acids is 2. The Labute approximate surface area is 198 Å². The molecule has 1 atom stereocenters. The third-order valence-electron chi connectivity index (χ3n) is 5.05. The molecule has 2 aromatic rings. The van der Waals surface area contributed by atoms with Gasteiger partial charge in [-0.1, -0.05) is 12.1 Å². The molecule has 2 N–H and O–H groups in total. The number of halogens is 4. The molecule has 1 aromatic carbocycles. The van der Waals surface area contributed by atoms with Crippen molar-refractivity contribution >= 4 is 29.3 Å². The van der Waals surface area contributed by atoms with E-state index in [1.165, 1.54) is 44.3 Å². The van der Waals surface area contributed by atoms with E-state index in [9.17, 15) is 32.3 Å². The predicted octanol–water partition coefficient (Wildman–Crippen LogP) is 4.05. The van der Waals surface area contributed by atoms with Crippen LogP contribution in [0.2, 0.25) is 0 Å². The summed E-state index contributed by atoms with van der Waals surface area (Å²) in [6.45, 7) is 4.34. The number of nitrogens with one attached hydrogen (secondary N) is 1. The van der Waals surface area contributed by atoms with Crippen LogP contribution in [0.4, 0.5) is 23.2 Å². The van der Waals surface area contributed by atoms with Crippen molar-refractivity contribution in [2.75, 3.05) is 11.9 Å². The molecule has 3 rings (SSSR count). The molecule has 0 spiro atoms. The number of aromatic nitrogens is 1. The number of benzene rings is 1. The van der Waals surface area contributed by atoms with E-state index in [1.807, 2.05) is 0 Å². The Morgan fingerprint density at radius 3 is 2.54 bits per heavy atom. The second-order valence-corrected chi connectivity index (χ2v) is 8.30. The van der Waals surface area contributed by atoms with Gasteiger partial charge in [-0.2, -0.15) is 13.2 Å². The third-order valence-corrected chi connectivity index (χ3v) is 5.05. The number of carbonyl (C=O) groups is 2. The molecule has 2 amide bonds. The minimum Gasteiger partial charge on any atom is -0.384 e. The number of rotatable bonds is 7. The Balaban J connectivity index is 1.76. The summed E-state index contributed by atoms with van der Waals surface area (Å²) in [5.74, 6) is -1.95. The van der Waals surface area contributed by atoms with Crippen LogP contribution in [0.5, 0.6) is 0 Å². The van der Waals surface area contributed by atoms with E-state index in [1.54, 1.807) is 6.92 Å². The Morgan fingerprint density at radius 2 is 1.94 bits per heavy atom. The topological polar surface area (TPSA) is 101 Å². The quantitative estimate of drug-likeness (QED) is 0.567. The van der Waals surface area contributed by atoms with Gasteiger partial charge in [0, 0.05) is 12.8 Å². The molecule has 1 unspecified atom stereocenters. The van der Waals surface area contributed by atoms with Crippen LogP contribution >= 0.6 is 0 Å². The fourth-order valence-electron chi connectivity index (χ4n) is 3.44. The predicted molar refractivity (Wildman–Crippen MR) is 120 cm³/mol. The highest BCUT2D eigenvalue weighted by molar-refractivity contribution is 6.17. The molecule has 0 saturated carbocycles. The molecule has 1 aromatic heterocycles. The zero-order valence-electron chi connectivity index (χ0n) is 19.1. The minimum atomic E-state index is -4.81. The number of hydrogen-bond donors (Lipinski definition) is 2. The molecule has 186 valence electrons. The van der Waals surface area contributed by atoms with Crippen molar-refractivity contribution in [3.63, 3.8) is 0 Å². The van der Waals surface area contributed by atoms with Crippen molar-refractivity contribution in [1.29, 1.82) is 0 Å². The first-order valence-corrected chi connectivity index (χ1v) is 10.6. The SMILES string of the molecule is CCOC1C=C(c2ccc(CC(=O)Nc3cnc(C(C)(C)O)c(C(F)(F)F)c3)c(F)c2)C=NC1=O. The van der Waals surface area contributed by atoms with Gasteiger partial charge < -0.3 is 15.2 Å². The first-order valence-electron chi connectivity index (χ1n) is 10.6. The molecule has 2 heterocycles. The summed E-state index contributed by atoms with van der Waals surface area (Å²) < 4.78 is 60.2. The number of dihydropyridines is 1. The van der Waals surface area contributed by atoms with Crippen molar-refractivity contribution < 1.29 is 37.0 Å². The fourth-order valence-corrected chi connectivity index (χ4v) is 3.44. The fraction of sp³-hybridized carbons (Fsp3) is 0.333. The molecule has 1 aliphatic heterocycles. The largest absolute Gasteiger partial charge is 0.418 e. The normalized spacial score (nSPS) is 16.3. The van der Waals surface area contributed by atoms with Crippen LogP contribution in [-0.2, 0) is 32.5 Å². The monoisotopic (exact) mass is 493 g/mol. The van der Waals surface area contributed by atoms with Gasteiger partial charge in [0.05, 0.1) is 29.6 Å². The highest BCUT2D eigenvalue weighted by Gasteiger charge is 2.38. The number of alkyl halides is 3. The van der Waals surface area contributed by atoms with Gasteiger partial charge in [0.25, 0.3) is 5.91 Å². The Kier molecular flexibility index (Phi) is 7.51. The number of aliphatic hydroxyl groups is 1. The standard InChI is InChI=1S/C24H23F4N3O4/c1-4-35-19-8-15(11-30-22(19)33)13-5-6-14(18(25)7-13)9-20(32)31-16-10-17(24(26,27)28)21(29-12-16)23(2,3)34/h5-8,10-12,19,34H,4,9H2,1-3H3,(H,31,32). The number of allylic oxidation sites excluding steroid dienone is 1. The second-order valence-electron chi connectivity index (χ2n) is 8.30. The Morgan fingerprint density at radius 1 is 1.23 bits per heavy atom. The molecule has 0 radical (unpaired) electrons. The van der Waals surface area contributed by atoms with E-state index < -0.39 is 53.2 Å². The van der Waals surface area contributed by atoms with Crippen LogP contribution in [0, 0.1) is 5.82 Å². The van der Waals surface area contributed by atoms with Gasteiger partial charge in [-0.3, -0.25) is 14.6 Å². The van der Waals surface area contributed by atoms with Crippen LogP contribution in [0.1, 0.15) is 43.2 Å². The molecule has 35 heavy (non-hydrogen) atoms. The van der Waals surface area contributed by atoms with E-state index in [-0.39, 0.29) is 11.3 Å². The smallest absolute Gasteiger partial charge is 0.384 e. The highest BCUT2D eigenvalue weighted by Crippen LogP contribution is 2.36. The molecular weight excluding hydrogens is 470 g/mol. The number of amides is 2. The van der Waals surface area contributed by atoms with Gasteiger partial charge in [0.15, 0.2) is 6.10 Å². The van der Waals surface area contributed by atoms with Crippen LogP contribution in [0.25, 0.3) is 5.57 Å². The average Bonchev–Trinajstić information content (AvgIpc) is 2.75. The number of ether oxygens (including phenoxy) is 1. The van der Waals surface area contributed by atoms with Crippen molar-refractivity contribution in [3.05, 3.63) is 64.7 Å². The van der Waals surface area contributed by atoms with Gasteiger partial charge in [-0.25, -0.2) is 9.38 Å². The lowest BCUT2D eigenvalue weighted by atomic mass is 9.98. The van der Waals surface area contributed by atoms with E-state index in [4.69, 9.17) is 4.74 Å². The molecule has 0 fully saturated rings. The van der Waals surface area contributed by atoms with Gasteiger partial charge in [0.1, 0.15) is 11.4 Å². The third kappa shape index (κ3) is 6.37. The summed E-state index contributed by atoms with van der Waals surface area (Å²) in [5.41, 5.74) is -2.99. The van der Waals surface area contributed by atoms with Crippen LogP contribution in [-0.4, -0.2) is 40.8 Å². The van der Waals surface area contributed by atoms with E-state index >= 15 is 0 Å². The van der Waals surface area contributed by atoms with Gasteiger partial charge in [-0.05, 0) is 55.7 Å². The zero-order valence-corrected chi connectivity index (χ0v) is 19.1. The summed E-state index contributed by atoms with van der Waals surface area (Å²) in [6.07, 6.45) is -2.33. The summed E-state index contributed by atoms with van der Waals surface area (Å²) in [6, 6.07) is 4.73. The van der Waals surface area contributed by atoms with E-state index in [0.29, 0.717) is 23.8 Å². The number of pyridine rings is 1. The molecule has 7 nitrogen and oxygen atoms in total. The summed E-state index contributed by atoms with van der Waals surface area (Å²) >= 11 is 0. The molecule has 0 bridgehead atoms. The number of anilines is 1. The van der Waals surface area contributed by atoms with Gasteiger partial charge >= 0.3 is 6.18 Å². The van der Waals surface area contributed by atoms with Crippen LogP contribution < -0.4 is 5.32 Å². The maximum atomic E-state index is 14.7. The Bertz CT molecular complexity index is 1200. The molecule has 11 heteroatoms. The molecule has 1 aliphatic rings.